The molecule has 0 radical (unpaired) electrons. The Balaban J connectivity index is 1.53. The van der Waals surface area contributed by atoms with Crippen LogP contribution >= 0.6 is 31.9 Å². The third-order valence-corrected chi connectivity index (χ3v) is 8.30. The molecule has 198 valence electrons. The Morgan fingerprint density at radius 2 is 1.45 bits per heavy atom. The van der Waals surface area contributed by atoms with Crippen LogP contribution in [0.5, 0.6) is 11.5 Å². The van der Waals surface area contributed by atoms with Gasteiger partial charge in [0, 0.05) is 32.7 Å². The second-order valence-corrected chi connectivity index (χ2v) is 12.0. The molecule has 1 atom stereocenters. The van der Waals surface area contributed by atoms with Crippen molar-refractivity contribution in [1.29, 1.82) is 0 Å². The van der Waals surface area contributed by atoms with Crippen LogP contribution in [0.2, 0.25) is 0 Å². The Bertz CT molecular complexity index is 2060. The first kappa shape index (κ1) is 26.3. The molecular weight excluding hydrogens is 664 g/mol. The molecule has 0 saturated heterocycles. The molecule has 0 aliphatic heterocycles. The average Bonchev–Trinajstić information content (AvgIpc) is 3.28. The number of esters is 2. The van der Waals surface area contributed by atoms with Crippen LogP contribution in [0, 0.1) is 0 Å². The van der Waals surface area contributed by atoms with Crippen LogP contribution in [0.25, 0.3) is 27.3 Å². The second kappa shape index (κ2) is 10.2. The number of fused-ring (bicyclic) bond motifs is 3. The van der Waals surface area contributed by atoms with Gasteiger partial charge in [0.05, 0.1) is 49.4 Å². The van der Waals surface area contributed by atoms with Gasteiger partial charge in [0.2, 0.25) is 0 Å². The minimum atomic E-state index is -1.51. The van der Waals surface area contributed by atoms with Crippen LogP contribution < -0.4 is 15.0 Å². The van der Waals surface area contributed by atoms with Gasteiger partial charge < -0.3 is 9.47 Å². The summed E-state index contributed by atoms with van der Waals surface area (Å²) in [6.45, 7) is 0. The van der Waals surface area contributed by atoms with Gasteiger partial charge in [-0.1, -0.05) is 31.9 Å². The van der Waals surface area contributed by atoms with Crippen molar-refractivity contribution >= 4 is 81.9 Å². The summed E-state index contributed by atoms with van der Waals surface area (Å²) in [6.07, 6.45) is 2.85. The second-order valence-electron chi connectivity index (χ2n) is 8.80. The lowest BCUT2D eigenvalue weighted by Gasteiger charge is -2.09. The number of benzene rings is 3. The molecule has 0 N–H and O–H groups in total. The zero-order valence-corrected chi connectivity index (χ0v) is 24.5. The number of hydrogen-bond donors (Lipinski definition) is 0. The van der Waals surface area contributed by atoms with Crippen molar-refractivity contribution in [3.8, 4) is 11.5 Å². The maximum atomic E-state index is 13.3. The highest BCUT2D eigenvalue weighted by Gasteiger charge is 2.24. The summed E-state index contributed by atoms with van der Waals surface area (Å²) in [5.41, 5.74) is 1.33. The molecule has 0 spiro atoms. The number of rotatable bonds is 5. The zero-order chi connectivity index (χ0) is 28.1. The first-order chi connectivity index (χ1) is 19.2. The first-order valence-electron chi connectivity index (χ1n) is 11.7. The van der Waals surface area contributed by atoms with Crippen molar-refractivity contribution in [3.05, 3.63) is 109 Å². The van der Waals surface area contributed by atoms with Gasteiger partial charge in [-0.25, -0.2) is 14.6 Å². The summed E-state index contributed by atoms with van der Waals surface area (Å²) in [6, 6.07) is 19.5. The fourth-order valence-electron chi connectivity index (χ4n) is 4.50. The maximum absolute atomic E-state index is 13.3. The molecule has 0 saturated carbocycles. The molecule has 6 rings (SSSR count). The summed E-state index contributed by atoms with van der Waals surface area (Å²) in [4.78, 5) is 43.8. The average molecular weight is 680 g/mol. The van der Waals surface area contributed by atoms with Gasteiger partial charge in [-0.2, -0.15) is 0 Å². The molecule has 0 bridgehead atoms. The van der Waals surface area contributed by atoms with E-state index in [0.29, 0.717) is 38.4 Å². The first-order valence-corrected chi connectivity index (χ1v) is 14.9. The van der Waals surface area contributed by atoms with Crippen LogP contribution in [0.3, 0.4) is 0 Å². The molecule has 3 heterocycles. The van der Waals surface area contributed by atoms with Crippen LogP contribution in [0.1, 0.15) is 20.7 Å². The Morgan fingerprint density at radius 1 is 0.850 bits per heavy atom. The quantitative estimate of drug-likeness (QED) is 0.159. The minimum Gasteiger partial charge on any atom is -0.423 e. The van der Waals surface area contributed by atoms with Crippen molar-refractivity contribution in [2.75, 3.05) is 6.26 Å². The van der Waals surface area contributed by atoms with Gasteiger partial charge in [0.25, 0.3) is 5.56 Å². The van der Waals surface area contributed by atoms with E-state index in [4.69, 9.17) is 9.47 Å². The molecule has 3 aromatic heterocycles. The van der Waals surface area contributed by atoms with E-state index < -0.39 is 28.3 Å². The molecule has 8 nitrogen and oxygen atoms in total. The Labute approximate surface area is 245 Å². The Kier molecular flexibility index (Phi) is 6.73. The summed E-state index contributed by atoms with van der Waals surface area (Å²) in [5, 5.41) is 1.01. The zero-order valence-electron chi connectivity index (χ0n) is 20.5. The van der Waals surface area contributed by atoms with Gasteiger partial charge in [0.1, 0.15) is 11.3 Å². The number of hydrogen-bond acceptors (Lipinski definition) is 7. The van der Waals surface area contributed by atoms with Crippen molar-refractivity contribution in [3.63, 3.8) is 0 Å². The van der Waals surface area contributed by atoms with E-state index >= 15 is 0 Å². The molecule has 0 unspecified atom stereocenters. The minimum absolute atomic E-state index is 0.131. The largest absolute Gasteiger partial charge is 0.423 e. The van der Waals surface area contributed by atoms with E-state index in [1.165, 1.54) is 22.9 Å². The van der Waals surface area contributed by atoms with E-state index in [1.807, 2.05) is 0 Å². The van der Waals surface area contributed by atoms with Crippen LogP contribution in [-0.4, -0.2) is 31.8 Å². The third kappa shape index (κ3) is 4.59. The molecule has 40 heavy (non-hydrogen) atoms. The molecule has 0 fully saturated rings. The lowest BCUT2D eigenvalue weighted by atomic mass is 10.1. The number of carbonyl (C=O) groups is 2. The highest BCUT2D eigenvalue weighted by molar-refractivity contribution is 9.10. The summed E-state index contributed by atoms with van der Waals surface area (Å²) < 4.78 is 26.9. The Hall–Kier alpha value is -3.93. The van der Waals surface area contributed by atoms with Gasteiger partial charge in [0.15, 0.2) is 5.75 Å². The number of nitrogens with zero attached hydrogens (tertiary/aromatic N) is 2. The van der Waals surface area contributed by atoms with E-state index in [-0.39, 0.29) is 16.4 Å². The van der Waals surface area contributed by atoms with Crippen LogP contribution in [0.4, 0.5) is 0 Å². The highest BCUT2D eigenvalue weighted by atomic mass is 79.9. The number of halogens is 2. The predicted molar refractivity (Wildman–Crippen MR) is 158 cm³/mol. The van der Waals surface area contributed by atoms with Crippen molar-refractivity contribution < 1.29 is 23.3 Å². The maximum Gasteiger partial charge on any atom is 0.343 e. The summed E-state index contributed by atoms with van der Waals surface area (Å²) in [5.74, 6) is -0.833. The molecular formula is C29H16Br2N2O6S. The molecule has 3 aromatic carbocycles. The number of pyridine rings is 2. The lowest BCUT2D eigenvalue weighted by molar-refractivity contribution is 0.0726. The summed E-state index contributed by atoms with van der Waals surface area (Å²) in [7, 11) is -1.51. The molecule has 11 heteroatoms. The summed E-state index contributed by atoms with van der Waals surface area (Å²) >= 11 is 6.68. The number of aromatic nitrogens is 2. The fourth-order valence-corrected chi connectivity index (χ4v) is 5.72. The van der Waals surface area contributed by atoms with E-state index in [9.17, 15) is 18.6 Å². The predicted octanol–water partition coefficient (Wildman–Crippen LogP) is 6.14. The van der Waals surface area contributed by atoms with E-state index in [2.05, 4.69) is 36.8 Å². The topological polar surface area (TPSA) is 104 Å². The van der Waals surface area contributed by atoms with E-state index in [1.54, 1.807) is 66.7 Å². The van der Waals surface area contributed by atoms with Crippen LogP contribution in [0.15, 0.2) is 97.6 Å². The van der Waals surface area contributed by atoms with Crippen molar-refractivity contribution in [1.82, 2.24) is 9.38 Å². The molecule has 0 aliphatic carbocycles. The van der Waals surface area contributed by atoms with E-state index in [0.717, 1.165) is 8.95 Å². The van der Waals surface area contributed by atoms with Gasteiger partial charge >= 0.3 is 11.9 Å². The number of carbonyl (C=O) groups excluding carboxylic acids is 2. The fraction of sp³-hybridized carbons (Fsp3) is 0.0345. The van der Waals surface area contributed by atoms with Gasteiger partial charge in [-0.3, -0.25) is 13.4 Å². The molecule has 6 aromatic rings. The highest BCUT2D eigenvalue weighted by Crippen LogP contribution is 2.39. The standard InChI is InChI=1S/C29H16Br2N2O6S/c1-40(37)23-13-24(34)33-21-12-19(38-28(35)15-2-6-17(30)7-3-15)10-11-20(21)25-22(14-32-26(23)27(25)33)39-29(36)16-4-8-18(31)9-5-16/h2-14H,1H3/t40-/m0/s1. The van der Waals surface area contributed by atoms with Gasteiger partial charge in [-0.15, -0.1) is 0 Å². The molecule has 0 aliphatic rings. The molecule has 0 amide bonds. The van der Waals surface area contributed by atoms with Crippen molar-refractivity contribution in [2.45, 2.75) is 4.90 Å². The monoisotopic (exact) mass is 678 g/mol. The van der Waals surface area contributed by atoms with Gasteiger partial charge in [-0.05, 0) is 60.7 Å². The number of ether oxygens (including phenoxy) is 2. The third-order valence-electron chi connectivity index (χ3n) is 6.31. The lowest BCUT2D eigenvalue weighted by Crippen LogP contribution is -2.14. The normalized spacial score (nSPS) is 12.2. The van der Waals surface area contributed by atoms with Crippen LogP contribution in [-0.2, 0) is 10.8 Å². The smallest absolute Gasteiger partial charge is 0.343 e. The van der Waals surface area contributed by atoms with Crippen molar-refractivity contribution in [2.24, 2.45) is 0 Å². The SMILES string of the molecule is C[S@](=O)c1cc(=O)n2c3cc(OC(=O)c4ccc(Br)cc4)ccc3c3c(OC(=O)c4ccc(Br)cc4)cnc1c32. The Morgan fingerprint density at radius 3 is 2.05 bits per heavy atom.